The summed E-state index contributed by atoms with van der Waals surface area (Å²) in [5.41, 5.74) is 7.22. The van der Waals surface area contributed by atoms with Gasteiger partial charge < -0.3 is 29.6 Å². The topological polar surface area (TPSA) is 146 Å². The second kappa shape index (κ2) is 20.5. The van der Waals surface area contributed by atoms with Gasteiger partial charge in [0, 0.05) is 31.4 Å². The Morgan fingerprint density at radius 1 is 0.800 bits per heavy atom. The number of ether oxygens (including phenoxy) is 2. The number of esters is 1. The number of hydrogen-bond acceptors (Lipinski definition) is 8. The van der Waals surface area contributed by atoms with E-state index in [0.29, 0.717) is 32.4 Å². The number of carbonyl (C=O) groups excluding carboxylic acids is 4. The predicted molar refractivity (Wildman–Crippen MR) is 235 cm³/mol. The zero-order valence-electron chi connectivity index (χ0n) is 35.5. The van der Waals surface area contributed by atoms with E-state index in [4.69, 9.17) is 19.5 Å². The molecule has 2 aromatic carbocycles. The quantitative estimate of drug-likeness (QED) is 0.0742. The lowest BCUT2D eigenvalue weighted by atomic mass is 9.90. The second-order valence-electron chi connectivity index (χ2n) is 16.6. The van der Waals surface area contributed by atoms with E-state index in [2.05, 4.69) is 72.0 Å². The lowest BCUT2D eigenvalue weighted by Gasteiger charge is -2.30. The highest BCUT2D eigenvalue weighted by Gasteiger charge is 2.39. The molecule has 3 amide bonds. The smallest absolute Gasteiger partial charge is 0.407 e. The molecule has 0 aliphatic carbocycles. The summed E-state index contributed by atoms with van der Waals surface area (Å²) in [4.78, 5) is 69.3. The summed E-state index contributed by atoms with van der Waals surface area (Å²) in [7, 11) is 0. The van der Waals surface area contributed by atoms with Crippen LogP contribution in [-0.4, -0.2) is 87.7 Å². The normalized spacial score (nSPS) is 18.6. The number of alkyl carbamates (subject to hydrolysis) is 1. The number of hydrogen-bond donors (Lipinski definition) is 2. The molecule has 12 nitrogen and oxygen atoms in total. The van der Waals surface area contributed by atoms with Crippen molar-refractivity contribution in [2.75, 3.05) is 26.3 Å². The Morgan fingerprint density at radius 2 is 1.38 bits per heavy atom. The number of nitrogens with one attached hydrogen (secondary N) is 2. The molecule has 2 fully saturated rings. The Morgan fingerprint density at radius 3 is 2.00 bits per heavy atom. The molecule has 2 N–H and O–H groups in total. The molecule has 3 aromatic rings. The summed E-state index contributed by atoms with van der Waals surface area (Å²) in [5, 5.41) is 2.77. The lowest BCUT2D eigenvalue weighted by molar-refractivity contribution is -0.150. The van der Waals surface area contributed by atoms with Crippen LogP contribution in [0.3, 0.4) is 0 Å². The fourth-order valence-corrected chi connectivity index (χ4v) is 8.30. The van der Waals surface area contributed by atoms with Crippen molar-refractivity contribution in [3.8, 4) is 22.4 Å². The molecular formula is C48H60N6O6. The van der Waals surface area contributed by atoms with E-state index in [1.54, 1.807) is 12.2 Å². The maximum absolute atomic E-state index is 13.8. The van der Waals surface area contributed by atoms with Gasteiger partial charge in [-0.05, 0) is 78.2 Å². The van der Waals surface area contributed by atoms with Crippen LogP contribution in [0.25, 0.3) is 28.0 Å². The Hall–Kier alpha value is -5.78. The van der Waals surface area contributed by atoms with Gasteiger partial charge in [-0.2, -0.15) is 0 Å². The van der Waals surface area contributed by atoms with Crippen LogP contribution in [-0.2, 0) is 23.9 Å². The van der Waals surface area contributed by atoms with Crippen LogP contribution in [0.4, 0.5) is 4.79 Å². The summed E-state index contributed by atoms with van der Waals surface area (Å²) in [6, 6.07) is 15.8. The Bertz CT molecular complexity index is 2070. The van der Waals surface area contributed by atoms with Gasteiger partial charge in [0.1, 0.15) is 11.9 Å². The van der Waals surface area contributed by atoms with Crippen LogP contribution in [0.5, 0.6) is 0 Å². The van der Waals surface area contributed by atoms with E-state index >= 15 is 0 Å². The molecule has 0 spiro atoms. The van der Waals surface area contributed by atoms with Crippen molar-refractivity contribution in [1.82, 2.24) is 25.1 Å². The molecule has 60 heavy (non-hydrogen) atoms. The van der Waals surface area contributed by atoms with Crippen molar-refractivity contribution in [3.05, 3.63) is 97.6 Å². The number of amides is 3. The Balaban J connectivity index is 1.04. The van der Waals surface area contributed by atoms with Crippen LogP contribution < -0.4 is 5.32 Å². The highest BCUT2D eigenvalue weighted by molar-refractivity contribution is 6.03. The molecule has 1 aromatic heterocycles. The molecule has 4 heterocycles. The van der Waals surface area contributed by atoms with Crippen LogP contribution in [0.1, 0.15) is 96.5 Å². The number of aromatic amines is 1. The number of likely N-dealkylation sites (tertiary alicyclic amines) is 2. The number of nitrogens with zero attached hydrogens (tertiary/aromatic N) is 4. The first-order chi connectivity index (χ1) is 29.0. The Kier molecular flexibility index (Phi) is 14.9. The molecule has 3 aliphatic rings. The largest absolute Gasteiger partial charge is 0.465 e. The minimum absolute atomic E-state index is 0.00467. The van der Waals surface area contributed by atoms with Gasteiger partial charge in [-0.1, -0.05) is 88.4 Å². The van der Waals surface area contributed by atoms with Crippen LogP contribution in [0, 0.1) is 17.8 Å². The molecular weight excluding hydrogens is 757 g/mol. The first-order valence-corrected chi connectivity index (χ1v) is 21.4. The molecule has 0 unspecified atom stereocenters. The third-order valence-corrected chi connectivity index (χ3v) is 11.8. The summed E-state index contributed by atoms with van der Waals surface area (Å²) >= 11 is 0. The standard InChI is InChI=1S/C48H60N6O6/c1-7-9-25-59-43(55)28-38(31(3)4)46(56)53-23-11-13-41(53)39-27-37(29-49-39)35-17-15-33(16-18-35)34-19-21-36(22-20-34)40-30-50-45(51-40)42-14-12-24-54(42)47(57)44(32(5)6)52-48(58)60-26-10-8-2/h7-8,15-22,29-32,38,41-42,44H,1-2,9-14,23-28H2,3-6H3,(H,50,51)(H,52,58)/t38-,41-,42-,44-/m0/s1. The van der Waals surface area contributed by atoms with E-state index in [1.807, 2.05) is 49.9 Å². The molecule has 2 saturated heterocycles. The monoisotopic (exact) mass is 816 g/mol. The van der Waals surface area contributed by atoms with Crippen LogP contribution in [0.15, 0.2) is 91.2 Å². The highest BCUT2D eigenvalue weighted by atomic mass is 16.5. The second-order valence-corrected chi connectivity index (χ2v) is 16.6. The fraction of sp³-hybridized carbons (Fsp3) is 0.458. The zero-order chi connectivity index (χ0) is 42.8. The Labute approximate surface area is 354 Å². The molecule has 3 aliphatic heterocycles. The summed E-state index contributed by atoms with van der Waals surface area (Å²) < 4.78 is 10.6. The number of benzene rings is 2. The maximum atomic E-state index is 13.8. The zero-order valence-corrected chi connectivity index (χ0v) is 35.5. The van der Waals surface area contributed by atoms with Crippen LogP contribution >= 0.6 is 0 Å². The highest BCUT2D eigenvalue weighted by Crippen LogP contribution is 2.35. The van der Waals surface area contributed by atoms with E-state index in [0.717, 1.165) is 70.7 Å². The maximum Gasteiger partial charge on any atom is 0.407 e. The third kappa shape index (κ3) is 10.5. The SMILES string of the molecule is C=CCCOC(=O)C[C@H](C(=O)N1CCC[C@H]1C1=NC=C(c2ccc(-c3ccc(-c4cnc([C@@H]5CCCN5C(=O)[C@@H](NC(=O)OCCC=C)C(C)C)[nH]4)cc3)cc2)C1)C(C)C. The minimum atomic E-state index is -0.708. The summed E-state index contributed by atoms with van der Waals surface area (Å²) in [6.45, 7) is 16.9. The number of H-pyrrole nitrogens is 1. The number of aliphatic imine (C=N–C) groups is 1. The van der Waals surface area contributed by atoms with Gasteiger partial charge in [0.25, 0.3) is 0 Å². The molecule has 12 heteroatoms. The van der Waals surface area contributed by atoms with Gasteiger partial charge >= 0.3 is 12.1 Å². The average Bonchev–Trinajstić information content (AvgIpc) is 4.09. The van der Waals surface area contributed by atoms with Gasteiger partial charge in [0.15, 0.2) is 0 Å². The summed E-state index contributed by atoms with van der Waals surface area (Å²) in [5.74, 6) is -0.308. The first-order valence-electron chi connectivity index (χ1n) is 21.4. The van der Waals surface area contributed by atoms with Gasteiger partial charge in [-0.25, -0.2) is 9.78 Å². The minimum Gasteiger partial charge on any atom is -0.465 e. The summed E-state index contributed by atoms with van der Waals surface area (Å²) in [6.07, 6.45) is 11.8. The van der Waals surface area contributed by atoms with Crippen molar-refractivity contribution < 1.29 is 28.7 Å². The van der Waals surface area contributed by atoms with E-state index in [9.17, 15) is 19.2 Å². The molecule has 6 rings (SSSR count). The lowest BCUT2D eigenvalue weighted by Crippen LogP contribution is -2.51. The van der Waals surface area contributed by atoms with Crippen LogP contribution in [0.2, 0.25) is 0 Å². The number of rotatable bonds is 18. The van der Waals surface area contributed by atoms with Crippen molar-refractivity contribution in [3.63, 3.8) is 0 Å². The number of aromatic nitrogens is 2. The van der Waals surface area contributed by atoms with Crippen molar-refractivity contribution in [2.24, 2.45) is 22.7 Å². The number of carbonyl (C=O) groups is 4. The molecule has 0 saturated carbocycles. The van der Waals surface area contributed by atoms with Gasteiger partial charge in [-0.15, -0.1) is 13.2 Å². The average molecular weight is 817 g/mol. The fourth-order valence-electron chi connectivity index (χ4n) is 8.30. The van der Waals surface area contributed by atoms with Gasteiger partial charge in [-0.3, -0.25) is 19.4 Å². The van der Waals surface area contributed by atoms with Gasteiger partial charge in [0.2, 0.25) is 11.8 Å². The van der Waals surface area contributed by atoms with Gasteiger partial charge in [0.05, 0.1) is 49.5 Å². The third-order valence-electron chi connectivity index (χ3n) is 11.8. The van der Waals surface area contributed by atoms with Crippen molar-refractivity contribution in [1.29, 1.82) is 0 Å². The molecule has 4 atom stereocenters. The molecule has 0 bridgehead atoms. The van der Waals surface area contributed by atoms with E-state index in [-0.39, 0.29) is 61.3 Å². The number of imidazole rings is 1. The van der Waals surface area contributed by atoms with Crippen molar-refractivity contribution >= 4 is 35.2 Å². The number of allylic oxidation sites excluding steroid dienone is 1. The van der Waals surface area contributed by atoms with E-state index in [1.165, 1.54) is 0 Å². The van der Waals surface area contributed by atoms with Crippen molar-refractivity contribution in [2.45, 2.75) is 97.2 Å². The molecule has 318 valence electrons. The van der Waals surface area contributed by atoms with E-state index < -0.39 is 18.1 Å². The first kappa shape index (κ1) is 43.8. The molecule has 0 radical (unpaired) electrons. The predicted octanol–water partition coefficient (Wildman–Crippen LogP) is 8.69.